The summed E-state index contributed by atoms with van der Waals surface area (Å²) in [5, 5.41) is 17.9. The Labute approximate surface area is 197 Å². The molecular formula is C22H19N7O4S. The number of carbonyl (C=O) groups excluding carboxylic acids is 1. The summed E-state index contributed by atoms with van der Waals surface area (Å²) in [6, 6.07) is 15.0. The number of nitrogens with one attached hydrogen (secondary N) is 1. The molecule has 0 bridgehead atoms. The van der Waals surface area contributed by atoms with Gasteiger partial charge in [-0.3, -0.25) is 5.32 Å². The van der Waals surface area contributed by atoms with Gasteiger partial charge in [0.15, 0.2) is 11.3 Å². The SMILES string of the molecule is O=C(Nc1cccc2ccccc12)O[C@@H]1CO[C@H]2[C@@H]1OC[C@@H]2n1nnnc1Sc1ncccn1. The van der Waals surface area contributed by atoms with E-state index in [9.17, 15) is 4.79 Å². The van der Waals surface area contributed by atoms with Crippen LogP contribution in [0.25, 0.3) is 10.8 Å². The minimum absolute atomic E-state index is 0.223. The Morgan fingerprint density at radius 3 is 2.76 bits per heavy atom. The Balaban J connectivity index is 1.13. The van der Waals surface area contributed by atoms with E-state index in [-0.39, 0.29) is 18.8 Å². The molecule has 172 valence electrons. The van der Waals surface area contributed by atoms with Gasteiger partial charge in [-0.1, -0.05) is 36.4 Å². The lowest BCUT2D eigenvalue weighted by Gasteiger charge is -2.18. The van der Waals surface area contributed by atoms with Crippen molar-refractivity contribution in [2.45, 2.75) is 34.7 Å². The fourth-order valence-corrected chi connectivity index (χ4v) is 4.98. The number of fused-ring (bicyclic) bond motifs is 2. The summed E-state index contributed by atoms with van der Waals surface area (Å²) in [5.74, 6) is 0. The average molecular weight is 478 g/mol. The predicted molar refractivity (Wildman–Crippen MR) is 120 cm³/mol. The van der Waals surface area contributed by atoms with Crippen LogP contribution in [0.2, 0.25) is 0 Å². The van der Waals surface area contributed by atoms with Crippen molar-refractivity contribution in [2.75, 3.05) is 18.5 Å². The van der Waals surface area contributed by atoms with Crippen molar-refractivity contribution in [1.82, 2.24) is 30.2 Å². The van der Waals surface area contributed by atoms with Crippen molar-refractivity contribution in [2.24, 2.45) is 0 Å². The lowest BCUT2D eigenvalue weighted by Crippen LogP contribution is -2.35. The van der Waals surface area contributed by atoms with E-state index in [1.165, 1.54) is 11.8 Å². The molecule has 0 spiro atoms. The van der Waals surface area contributed by atoms with Gasteiger partial charge in [0.1, 0.15) is 18.2 Å². The molecule has 12 heteroatoms. The highest BCUT2D eigenvalue weighted by Crippen LogP contribution is 2.37. The molecule has 2 fully saturated rings. The van der Waals surface area contributed by atoms with Crippen LogP contribution >= 0.6 is 11.8 Å². The minimum Gasteiger partial charge on any atom is -0.441 e. The van der Waals surface area contributed by atoms with E-state index >= 15 is 0 Å². The fraction of sp³-hybridized carbons (Fsp3) is 0.273. The molecule has 4 heterocycles. The van der Waals surface area contributed by atoms with Crippen molar-refractivity contribution >= 4 is 34.3 Å². The summed E-state index contributed by atoms with van der Waals surface area (Å²) < 4.78 is 19.3. The van der Waals surface area contributed by atoms with Gasteiger partial charge in [-0.2, -0.15) is 0 Å². The quantitative estimate of drug-likeness (QED) is 0.429. The number of ether oxygens (including phenoxy) is 3. The lowest BCUT2D eigenvalue weighted by molar-refractivity contribution is 0.00752. The van der Waals surface area contributed by atoms with E-state index in [2.05, 4.69) is 30.8 Å². The molecule has 34 heavy (non-hydrogen) atoms. The molecule has 1 N–H and O–H groups in total. The second-order valence-electron chi connectivity index (χ2n) is 7.80. The van der Waals surface area contributed by atoms with E-state index in [1.807, 2.05) is 42.5 Å². The van der Waals surface area contributed by atoms with Crippen molar-refractivity contribution in [3.63, 3.8) is 0 Å². The second-order valence-corrected chi connectivity index (χ2v) is 8.73. The summed E-state index contributed by atoms with van der Waals surface area (Å²) in [6.45, 7) is 0.551. The van der Waals surface area contributed by atoms with Crippen molar-refractivity contribution < 1.29 is 19.0 Å². The van der Waals surface area contributed by atoms with Gasteiger partial charge >= 0.3 is 6.09 Å². The van der Waals surface area contributed by atoms with Crippen LogP contribution in [0.4, 0.5) is 10.5 Å². The topological polar surface area (TPSA) is 126 Å². The van der Waals surface area contributed by atoms with Gasteiger partial charge in [0.2, 0.25) is 5.16 Å². The zero-order valence-electron chi connectivity index (χ0n) is 17.7. The predicted octanol–water partition coefficient (Wildman–Crippen LogP) is 2.72. The molecule has 1 amide bonds. The lowest BCUT2D eigenvalue weighted by atomic mass is 10.1. The number of hydrogen-bond donors (Lipinski definition) is 1. The Bertz CT molecular complexity index is 1320. The van der Waals surface area contributed by atoms with Gasteiger partial charge < -0.3 is 14.2 Å². The number of anilines is 1. The molecule has 2 aliphatic rings. The number of carbonyl (C=O) groups is 1. The van der Waals surface area contributed by atoms with Gasteiger partial charge in [0, 0.05) is 17.8 Å². The molecule has 2 aromatic carbocycles. The van der Waals surface area contributed by atoms with Crippen LogP contribution in [0.5, 0.6) is 0 Å². The normalized spacial score (nSPS) is 23.6. The van der Waals surface area contributed by atoms with Crippen molar-refractivity contribution in [3.05, 3.63) is 60.9 Å². The first kappa shape index (κ1) is 21.0. The summed E-state index contributed by atoms with van der Waals surface area (Å²) in [7, 11) is 0. The van der Waals surface area contributed by atoms with E-state index in [0.29, 0.717) is 22.6 Å². The average Bonchev–Trinajstić information content (AvgIpc) is 3.58. The molecule has 0 radical (unpaired) electrons. The number of hydrogen-bond acceptors (Lipinski definition) is 10. The van der Waals surface area contributed by atoms with E-state index in [1.54, 1.807) is 23.1 Å². The van der Waals surface area contributed by atoms with Crippen LogP contribution < -0.4 is 5.32 Å². The van der Waals surface area contributed by atoms with Crippen LogP contribution in [0.1, 0.15) is 6.04 Å². The summed E-state index contributed by atoms with van der Waals surface area (Å²) in [5.41, 5.74) is 0.683. The highest BCUT2D eigenvalue weighted by Gasteiger charge is 2.51. The first-order valence-electron chi connectivity index (χ1n) is 10.7. The molecule has 2 aromatic heterocycles. The molecule has 2 saturated heterocycles. The van der Waals surface area contributed by atoms with Crippen molar-refractivity contribution in [3.8, 4) is 0 Å². The molecule has 4 atom stereocenters. The monoisotopic (exact) mass is 477 g/mol. The largest absolute Gasteiger partial charge is 0.441 e. The Morgan fingerprint density at radius 1 is 1.03 bits per heavy atom. The van der Waals surface area contributed by atoms with E-state index < -0.39 is 18.3 Å². The number of tetrazole rings is 1. The zero-order chi connectivity index (χ0) is 22.9. The molecule has 4 aromatic rings. The first-order chi connectivity index (χ1) is 16.8. The Morgan fingerprint density at radius 2 is 1.85 bits per heavy atom. The summed E-state index contributed by atoms with van der Waals surface area (Å²) >= 11 is 1.25. The van der Waals surface area contributed by atoms with Gasteiger partial charge in [0.05, 0.1) is 18.9 Å². The standard InChI is InChI=1S/C22H19N7O4S/c30-22(25-15-8-3-6-13-5-1-2-7-14(13)15)33-17-12-32-18-16(11-31-19(17)18)29-21(26-27-28-29)34-20-23-9-4-10-24-20/h1-10,16-19H,11-12H2,(H,25,30)/t16-,17+,18+,19+/m0/s1. The third-order valence-corrected chi connectivity index (χ3v) is 6.61. The Kier molecular flexibility index (Phi) is 5.53. The molecule has 0 unspecified atom stereocenters. The van der Waals surface area contributed by atoms with Crippen LogP contribution in [-0.4, -0.2) is 67.8 Å². The molecular weight excluding hydrogens is 458 g/mol. The smallest absolute Gasteiger partial charge is 0.412 e. The molecule has 0 aliphatic carbocycles. The zero-order valence-corrected chi connectivity index (χ0v) is 18.5. The third kappa shape index (κ3) is 3.95. The van der Waals surface area contributed by atoms with Crippen molar-refractivity contribution in [1.29, 1.82) is 0 Å². The minimum atomic E-state index is -0.558. The Hall–Kier alpha value is -3.61. The number of amides is 1. The highest BCUT2D eigenvalue weighted by molar-refractivity contribution is 7.99. The maximum Gasteiger partial charge on any atom is 0.412 e. The fourth-order valence-electron chi connectivity index (χ4n) is 4.25. The first-order valence-corrected chi connectivity index (χ1v) is 11.5. The third-order valence-electron chi connectivity index (χ3n) is 5.77. The van der Waals surface area contributed by atoms with E-state index in [0.717, 1.165) is 10.8 Å². The van der Waals surface area contributed by atoms with Gasteiger partial charge in [-0.05, 0) is 39.7 Å². The number of aromatic nitrogens is 6. The summed E-state index contributed by atoms with van der Waals surface area (Å²) in [4.78, 5) is 21.1. The molecule has 11 nitrogen and oxygen atoms in total. The molecule has 2 aliphatic heterocycles. The number of benzene rings is 2. The number of nitrogens with zero attached hydrogens (tertiary/aromatic N) is 6. The van der Waals surface area contributed by atoms with Crippen LogP contribution in [0.15, 0.2) is 71.2 Å². The van der Waals surface area contributed by atoms with E-state index in [4.69, 9.17) is 14.2 Å². The highest BCUT2D eigenvalue weighted by atomic mass is 32.2. The van der Waals surface area contributed by atoms with Crippen LogP contribution in [0, 0.1) is 0 Å². The van der Waals surface area contributed by atoms with Gasteiger partial charge in [-0.25, -0.2) is 19.4 Å². The van der Waals surface area contributed by atoms with Gasteiger partial charge in [-0.15, -0.1) is 5.10 Å². The van der Waals surface area contributed by atoms with Crippen LogP contribution in [-0.2, 0) is 14.2 Å². The van der Waals surface area contributed by atoms with Gasteiger partial charge in [0.25, 0.3) is 0 Å². The maximum absolute atomic E-state index is 12.7. The maximum atomic E-state index is 12.7. The second kappa shape index (κ2) is 8.97. The molecule has 0 saturated carbocycles. The summed E-state index contributed by atoms with van der Waals surface area (Å²) in [6.07, 6.45) is 1.44. The molecule has 6 rings (SSSR count). The number of rotatable bonds is 5. The van der Waals surface area contributed by atoms with Crippen LogP contribution in [0.3, 0.4) is 0 Å².